The van der Waals surface area contributed by atoms with Crippen LogP contribution in [0.4, 0.5) is 11.4 Å². The molecule has 3 rings (SSSR count). The maximum Gasteiger partial charge on any atom is 0.269 e. The lowest BCUT2D eigenvalue weighted by Gasteiger charge is -2.04. The van der Waals surface area contributed by atoms with E-state index in [2.05, 4.69) is 5.32 Å². The smallest absolute Gasteiger partial charge is 0.269 e. The molecular formula is C21H15N3O4. The van der Waals surface area contributed by atoms with Crippen LogP contribution in [0, 0.1) is 28.4 Å². The van der Waals surface area contributed by atoms with Crippen molar-refractivity contribution in [3.63, 3.8) is 0 Å². The number of furan rings is 1. The van der Waals surface area contributed by atoms with Gasteiger partial charge < -0.3 is 9.73 Å². The maximum atomic E-state index is 12.3. The van der Waals surface area contributed by atoms with Crippen LogP contribution in [0.2, 0.25) is 0 Å². The van der Waals surface area contributed by atoms with Crippen molar-refractivity contribution >= 4 is 23.4 Å². The first-order valence-electron chi connectivity index (χ1n) is 8.31. The van der Waals surface area contributed by atoms with E-state index in [0.717, 1.165) is 5.56 Å². The first kappa shape index (κ1) is 18.6. The molecule has 0 radical (unpaired) electrons. The van der Waals surface area contributed by atoms with Crippen LogP contribution in [0.1, 0.15) is 11.3 Å². The second-order valence-electron chi connectivity index (χ2n) is 6.00. The van der Waals surface area contributed by atoms with Crippen LogP contribution in [0.25, 0.3) is 17.4 Å². The van der Waals surface area contributed by atoms with Crippen LogP contribution >= 0.6 is 0 Å². The third-order valence-electron chi connectivity index (χ3n) is 3.92. The van der Waals surface area contributed by atoms with Gasteiger partial charge >= 0.3 is 0 Å². The zero-order chi connectivity index (χ0) is 20.1. The number of carbonyl (C=O) groups is 1. The van der Waals surface area contributed by atoms with E-state index < -0.39 is 10.8 Å². The zero-order valence-electron chi connectivity index (χ0n) is 14.9. The quantitative estimate of drug-likeness (QED) is 0.301. The van der Waals surface area contributed by atoms with Gasteiger partial charge in [0.1, 0.15) is 23.2 Å². The highest BCUT2D eigenvalue weighted by Crippen LogP contribution is 2.25. The van der Waals surface area contributed by atoms with E-state index in [1.165, 1.54) is 18.2 Å². The number of nitrogens with zero attached hydrogens (tertiary/aromatic N) is 2. The Bertz CT molecular complexity index is 1110. The van der Waals surface area contributed by atoms with Gasteiger partial charge in [0.15, 0.2) is 0 Å². The molecule has 28 heavy (non-hydrogen) atoms. The molecule has 0 saturated carbocycles. The van der Waals surface area contributed by atoms with Gasteiger partial charge in [-0.05, 0) is 48.9 Å². The van der Waals surface area contributed by atoms with Crippen molar-refractivity contribution in [3.05, 3.63) is 87.7 Å². The Morgan fingerprint density at radius 1 is 1.18 bits per heavy atom. The van der Waals surface area contributed by atoms with Crippen molar-refractivity contribution in [2.45, 2.75) is 6.92 Å². The van der Waals surface area contributed by atoms with Gasteiger partial charge in [-0.3, -0.25) is 14.9 Å². The van der Waals surface area contributed by atoms with Gasteiger partial charge in [-0.2, -0.15) is 5.26 Å². The highest BCUT2D eigenvalue weighted by molar-refractivity contribution is 6.09. The highest BCUT2D eigenvalue weighted by atomic mass is 16.6. The summed E-state index contributed by atoms with van der Waals surface area (Å²) >= 11 is 0. The van der Waals surface area contributed by atoms with Gasteiger partial charge in [-0.25, -0.2) is 0 Å². The van der Waals surface area contributed by atoms with Gasteiger partial charge in [-0.15, -0.1) is 0 Å². The Balaban J connectivity index is 1.79. The average molecular weight is 373 g/mol. The number of rotatable bonds is 5. The molecule has 7 nitrogen and oxygen atoms in total. The molecule has 0 atom stereocenters. The molecule has 7 heteroatoms. The molecule has 0 saturated heterocycles. The number of amides is 1. The molecule has 3 aromatic rings. The van der Waals surface area contributed by atoms with Gasteiger partial charge in [0.25, 0.3) is 11.6 Å². The highest BCUT2D eigenvalue weighted by Gasteiger charge is 2.12. The molecule has 0 spiro atoms. The van der Waals surface area contributed by atoms with Gasteiger partial charge in [0, 0.05) is 29.5 Å². The minimum absolute atomic E-state index is 0.0185. The first-order valence-corrected chi connectivity index (χ1v) is 8.31. The van der Waals surface area contributed by atoms with E-state index in [4.69, 9.17) is 4.42 Å². The number of nitro groups is 1. The number of hydrogen-bond donors (Lipinski definition) is 1. The molecule has 0 fully saturated rings. The van der Waals surface area contributed by atoms with E-state index >= 15 is 0 Å². The Hall–Kier alpha value is -4.18. The van der Waals surface area contributed by atoms with Crippen molar-refractivity contribution in [3.8, 4) is 17.4 Å². The fraction of sp³-hybridized carbons (Fsp3) is 0.0476. The van der Waals surface area contributed by atoms with Crippen LogP contribution < -0.4 is 5.32 Å². The number of anilines is 1. The van der Waals surface area contributed by atoms with Gasteiger partial charge in [-0.1, -0.05) is 12.1 Å². The summed E-state index contributed by atoms with van der Waals surface area (Å²) in [6.45, 7) is 1.90. The summed E-state index contributed by atoms with van der Waals surface area (Å²) in [5.41, 5.74) is 2.10. The van der Waals surface area contributed by atoms with E-state index in [1.807, 2.05) is 25.1 Å². The van der Waals surface area contributed by atoms with Crippen molar-refractivity contribution in [1.29, 1.82) is 5.26 Å². The SMILES string of the molecule is Cc1cccc(NC(=O)/C(C#N)=C/c2ccc(-c3ccc([N+](=O)[O-])cc3)o2)c1. The van der Waals surface area contributed by atoms with Crippen LogP contribution in [0.5, 0.6) is 0 Å². The lowest BCUT2D eigenvalue weighted by atomic mass is 10.1. The van der Waals surface area contributed by atoms with Crippen molar-refractivity contribution in [2.75, 3.05) is 5.32 Å². The number of aryl methyl sites for hydroxylation is 1. The normalized spacial score (nSPS) is 10.9. The predicted octanol–water partition coefficient (Wildman–Crippen LogP) is 4.71. The Morgan fingerprint density at radius 2 is 1.93 bits per heavy atom. The number of nitriles is 1. The first-order chi connectivity index (χ1) is 13.5. The zero-order valence-corrected chi connectivity index (χ0v) is 14.9. The summed E-state index contributed by atoms with van der Waals surface area (Å²) in [7, 11) is 0. The van der Waals surface area contributed by atoms with Crippen LogP contribution in [-0.4, -0.2) is 10.8 Å². The molecule has 0 unspecified atom stereocenters. The van der Waals surface area contributed by atoms with Crippen molar-refractivity contribution in [2.24, 2.45) is 0 Å². The summed E-state index contributed by atoms with van der Waals surface area (Å²) in [5, 5.41) is 22.7. The summed E-state index contributed by atoms with van der Waals surface area (Å²) in [5.74, 6) is 0.253. The standard InChI is InChI=1S/C21H15N3O4/c1-14-3-2-4-17(11-14)23-21(25)16(13-22)12-19-9-10-20(28-19)15-5-7-18(8-6-15)24(26)27/h2-12H,1H3,(H,23,25)/b16-12+. The number of benzene rings is 2. The number of nitrogens with one attached hydrogen (secondary N) is 1. The molecule has 1 aromatic heterocycles. The third kappa shape index (κ3) is 4.31. The number of nitro benzene ring substituents is 1. The Kier molecular flexibility index (Phi) is 5.33. The largest absolute Gasteiger partial charge is 0.457 e. The molecule has 1 heterocycles. The minimum atomic E-state index is -0.540. The van der Waals surface area contributed by atoms with E-state index in [1.54, 1.807) is 36.4 Å². The second kappa shape index (κ2) is 8.01. The maximum absolute atomic E-state index is 12.3. The molecule has 0 bridgehead atoms. The van der Waals surface area contributed by atoms with E-state index in [-0.39, 0.29) is 11.3 Å². The summed E-state index contributed by atoms with van der Waals surface area (Å²) in [6.07, 6.45) is 1.35. The van der Waals surface area contributed by atoms with Gasteiger partial charge in [0.2, 0.25) is 0 Å². The topological polar surface area (TPSA) is 109 Å². The third-order valence-corrected chi connectivity index (χ3v) is 3.92. The second-order valence-corrected chi connectivity index (χ2v) is 6.00. The lowest BCUT2D eigenvalue weighted by molar-refractivity contribution is -0.384. The van der Waals surface area contributed by atoms with E-state index in [9.17, 15) is 20.2 Å². The molecule has 138 valence electrons. The monoisotopic (exact) mass is 373 g/mol. The summed E-state index contributed by atoms with van der Waals surface area (Å²) < 4.78 is 5.64. The fourth-order valence-electron chi connectivity index (χ4n) is 2.55. The van der Waals surface area contributed by atoms with Crippen LogP contribution in [-0.2, 0) is 4.79 Å². The molecular weight excluding hydrogens is 358 g/mol. The molecule has 1 amide bonds. The Labute approximate surface area is 160 Å². The Morgan fingerprint density at radius 3 is 2.57 bits per heavy atom. The molecule has 1 N–H and O–H groups in total. The summed E-state index contributed by atoms with van der Waals surface area (Å²) in [4.78, 5) is 22.6. The van der Waals surface area contributed by atoms with Crippen molar-refractivity contribution < 1.29 is 14.1 Å². The lowest BCUT2D eigenvalue weighted by Crippen LogP contribution is -2.13. The molecule has 0 aliphatic rings. The summed E-state index contributed by atoms with van der Waals surface area (Å²) in [6, 6.07) is 18.3. The van der Waals surface area contributed by atoms with Crippen LogP contribution in [0.15, 0.2) is 70.7 Å². The number of hydrogen-bond acceptors (Lipinski definition) is 5. The van der Waals surface area contributed by atoms with Crippen LogP contribution in [0.3, 0.4) is 0 Å². The van der Waals surface area contributed by atoms with Crippen molar-refractivity contribution in [1.82, 2.24) is 0 Å². The molecule has 0 aliphatic carbocycles. The number of carbonyl (C=O) groups excluding carboxylic acids is 1. The van der Waals surface area contributed by atoms with Gasteiger partial charge in [0.05, 0.1) is 4.92 Å². The average Bonchev–Trinajstić information content (AvgIpc) is 3.14. The minimum Gasteiger partial charge on any atom is -0.457 e. The molecule has 0 aliphatic heterocycles. The number of non-ortho nitro benzene ring substituents is 1. The molecule has 2 aromatic carbocycles. The van der Waals surface area contributed by atoms with E-state index in [0.29, 0.717) is 22.8 Å². The predicted molar refractivity (Wildman–Crippen MR) is 104 cm³/mol. The fourth-order valence-corrected chi connectivity index (χ4v) is 2.55.